The molecule has 0 heterocycles. The van der Waals surface area contributed by atoms with Crippen molar-refractivity contribution in [3.8, 4) is 0 Å². The average Bonchev–Trinajstić information content (AvgIpc) is 2.25. The van der Waals surface area contributed by atoms with Gasteiger partial charge in [0.25, 0.3) is 0 Å². The van der Waals surface area contributed by atoms with Crippen LogP contribution in [0.5, 0.6) is 0 Å². The number of alkyl halides is 8. The van der Waals surface area contributed by atoms with Gasteiger partial charge in [0, 0.05) is 0 Å². The summed E-state index contributed by atoms with van der Waals surface area (Å²) in [5, 5.41) is -2.90. The van der Waals surface area contributed by atoms with E-state index in [1.807, 2.05) is 0 Å². The van der Waals surface area contributed by atoms with Gasteiger partial charge in [0.2, 0.25) is 0 Å². The number of halogens is 8. The standard InChI is InChI=1S/C10H6ClF7/c11-7(6-4-2-1-3-5-6)8(12,9(13,14)15)10(16,17)18/h1-5,7H. The molecule has 0 aliphatic heterocycles. The van der Waals surface area contributed by atoms with E-state index in [4.69, 9.17) is 11.6 Å². The summed E-state index contributed by atoms with van der Waals surface area (Å²) in [5.41, 5.74) is -6.10. The largest absolute Gasteiger partial charge is 0.433 e. The van der Waals surface area contributed by atoms with Crippen molar-refractivity contribution in [1.82, 2.24) is 0 Å². The minimum absolute atomic E-state index is 0.601. The summed E-state index contributed by atoms with van der Waals surface area (Å²) in [6.45, 7) is 0. The van der Waals surface area contributed by atoms with Crippen molar-refractivity contribution in [2.24, 2.45) is 0 Å². The molecule has 18 heavy (non-hydrogen) atoms. The van der Waals surface area contributed by atoms with E-state index in [9.17, 15) is 30.7 Å². The van der Waals surface area contributed by atoms with E-state index in [1.165, 1.54) is 6.07 Å². The van der Waals surface area contributed by atoms with E-state index >= 15 is 0 Å². The highest BCUT2D eigenvalue weighted by Gasteiger charge is 2.76. The molecule has 0 amide bonds. The second-order valence-corrected chi connectivity index (χ2v) is 3.92. The van der Waals surface area contributed by atoms with Crippen molar-refractivity contribution in [2.45, 2.75) is 23.4 Å². The van der Waals surface area contributed by atoms with Crippen LogP contribution < -0.4 is 0 Å². The predicted octanol–water partition coefficient (Wildman–Crippen LogP) is 4.80. The second kappa shape index (κ2) is 4.60. The van der Waals surface area contributed by atoms with Crippen LogP contribution in [0.4, 0.5) is 30.7 Å². The Balaban J connectivity index is 3.30. The molecule has 0 fully saturated rings. The van der Waals surface area contributed by atoms with Crippen molar-refractivity contribution >= 4 is 11.6 Å². The molecular formula is C10H6ClF7. The van der Waals surface area contributed by atoms with Crippen molar-refractivity contribution in [1.29, 1.82) is 0 Å². The van der Waals surface area contributed by atoms with Gasteiger partial charge in [-0.3, -0.25) is 0 Å². The fourth-order valence-electron chi connectivity index (χ4n) is 1.30. The SMILES string of the molecule is FC(F)(F)C(F)(C(Cl)c1ccccc1)C(F)(F)F. The van der Waals surface area contributed by atoms with E-state index in [-0.39, 0.29) is 0 Å². The van der Waals surface area contributed by atoms with Gasteiger partial charge in [0.15, 0.2) is 0 Å². The molecule has 1 aromatic rings. The van der Waals surface area contributed by atoms with E-state index in [0.717, 1.165) is 24.3 Å². The molecule has 8 heteroatoms. The first kappa shape index (κ1) is 15.1. The third kappa shape index (κ3) is 2.41. The van der Waals surface area contributed by atoms with Crippen molar-refractivity contribution in [2.75, 3.05) is 0 Å². The van der Waals surface area contributed by atoms with E-state index in [2.05, 4.69) is 0 Å². The van der Waals surface area contributed by atoms with Gasteiger partial charge in [-0.2, -0.15) is 26.3 Å². The molecule has 0 aliphatic carbocycles. The number of hydrogen-bond donors (Lipinski definition) is 0. The van der Waals surface area contributed by atoms with Gasteiger partial charge in [-0.25, -0.2) is 4.39 Å². The minimum Gasteiger partial charge on any atom is -0.221 e. The van der Waals surface area contributed by atoms with E-state index < -0.39 is 29.0 Å². The number of rotatable bonds is 2. The number of hydrogen-bond acceptors (Lipinski definition) is 0. The van der Waals surface area contributed by atoms with Crippen LogP contribution in [0, 0.1) is 0 Å². The molecular weight excluding hydrogens is 289 g/mol. The molecule has 0 bridgehead atoms. The fraction of sp³-hybridized carbons (Fsp3) is 0.400. The van der Waals surface area contributed by atoms with Crippen LogP contribution in [-0.4, -0.2) is 18.0 Å². The summed E-state index contributed by atoms with van der Waals surface area (Å²) in [5.74, 6) is 0. The predicted molar refractivity (Wildman–Crippen MR) is 51.0 cm³/mol. The van der Waals surface area contributed by atoms with Crippen LogP contribution in [0.2, 0.25) is 0 Å². The Labute approximate surface area is 102 Å². The molecule has 1 unspecified atom stereocenters. The van der Waals surface area contributed by atoms with Crippen molar-refractivity contribution in [3.63, 3.8) is 0 Å². The Morgan fingerprint density at radius 1 is 0.778 bits per heavy atom. The maximum atomic E-state index is 13.5. The molecule has 102 valence electrons. The molecule has 1 rings (SSSR count). The maximum Gasteiger partial charge on any atom is 0.433 e. The van der Waals surface area contributed by atoms with Crippen LogP contribution in [-0.2, 0) is 0 Å². The lowest BCUT2D eigenvalue weighted by Gasteiger charge is -2.33. The van der Waals surface area contributed by atoms with Crippen LogP contribution >= 0.6 is 11.6 Å². The Morgan fingerprint density at radius 2 is 1.17 bits per heavy atom. The summed E-state index contributed by atoms with van der Waals surface area (Å²) in [6.07, 6.45) is -12.3. The van der Waals surface area contributed by atoms with E-state index in [0.29, 0.717) is 0 Å². The molecule has 0 N–H and O–H groups in total. The average molecular weight is 295 g/mol. The first-order valence-corrected chi connectivity index (χ1v) is 4.97. The van der Waals surface area contributed by atoms with Gasteiger partial charge in [0.05, 0.1) is 0 Å². The molecule has 0 radical (unpaired) electrons. The Morgan fingerprint density at radius 3 is 1.50 bits per heavy atom. The van der Waals surface area contributed by atoms with Gasteiger partial charge in [0.1, 0.15) is 5.38 Å². The normalized spacial score (nSPS) is 15.6. The zero-order valence-electron chi connectivity index (χ0n) is 8.49. The monoisotopic (exact) mass is 294 g/mol. The summed E-state index contributed by atoms with van der Waals surface area (Å²) in [6, 6.07) is 5.47. The lowest BCUT2D eigenvalue weighted by molar-refractivity contribution is -0.342. The topological polar surface area (TPSA) is 0 Å². The summed E-state index contributed by atoms with van der Waals surface area (Å²) in [7, 11) is 0. The first-order valence-electron chi connectivity index (χ1n) is 4.53. The van der Waals surface area contributed by atoms with Gasteiger partial charge in [-0.15, -0.1) is 11.6 Å². The van der Waals surface area contributed by atoms with E-state index in [1.54, 1.807) is 0 Å². The molecule has 0 aromatic heterocycles. The van der Waals surface area contributed by atoms with Gasteiger partial charge >= 0.3 is 18.0 Å². The zero-order chi connectivity index (χ0) is 14.2. The second-order valence-electron chi connectivity index (χ2n) is 3.48. The first-order chi connectivity index (χ1) is 8.02. The van der Waals surface area contributed by atoms with Gasteiger partial charge in [-0.1, -0.05) is 30.3 Å². The van der Waals surface area contributed by atoms with Crippen molar-refractivity contribution < 1.29 is 30.7 Å². The van der Waals surface area contributed by atoms with Crippen LogP contribution in [0.1, 0.15) is 10.9 Å². The number of benzene rings is 1. The maximum absolute atomic E-state index is 13.5. The molecule has 0 nitrogen and oxygen atoms in total. The molecule has 1 aromatic carbocycles. The minimum atomic E-state index is -6.16. The quantitative estimate of drug-likeness (QED) is 0.543. The lowest BCUT2D eigenvalue weighted by atomic mass is 9.94. The molecule has 0 aliphatic rings. The Hall–Kier alpha value is -0.980. The summed E-state index contributed by atoms with van der Waals surface area (Å²) in [4.78, 5) is 0. The Bertz CT molecular complexity index is 381. The molecule has 1 atom stereocenters. The highest BCUT2D eigenvalue weighted by atomic mass is 35.5. The molecule has 0 spiro atoms. The zero-order valence-corrected chi connectivity index (χ0v) is 9.24. The molecule has 0 saturated heterocycles. The van der Waals surface area contributed by atoms with Crippen LogP contribution in [0.15, 0.2) is 30.3 Å². The smallest absolute Gasteiger partial charge is 0.221 e. The molecule has 0 saturated carbocycles. The Kier molecular flexibility index (Phi) is 3.86. The van der Waals surface area contributed by atoms with Crippen LogP contribution in [0.25, 0.3) is 0 Å². The fourth-order valence-corrected chi connectivity index (χ4v) is 1.69. The summed E-state index contributed by atoms with van der Waals surface area (Å²) < 4.78 is 87.6. The highest BCUT2D eigenvalue weighted by molar-refractivity contribution is 6.21. The van der Waals surface area contributed by atoms with Gasteiger partial charge < -0.3 is 0 Å². The third-order valence-electron chi connectivity index (χ3n) is 2.27. The highest BCUT2D eigenvalue weighted by Crippen LogP contribution is 2.55. The lowest BCUT2D eigenvalue weighted by Crippen LogP contribution is -2.55. The van der Waals surface area contributed by atoms with Crippen molar-refractivity contribution in [3.05, 3.63) is 35.9 Å². The van der Waals surface area contributed by atoms with Gasteiger partial charge in [-0.05, 0) is 5.56 Å². The third-order valence-corrected chi connectivity index (χ3v) is 2.82. The summed E-state index contributed by atoms with van der Waals surface area (Å²) >= 11 is 5.07. The van der Waals surface area contributed by atoms with Crippen LogP contribution in [0.3, 0.4) is 0 Å².